The summed E-state index contributed by atoms with van der Waals surface area (Å²) in [7, 11) is 3.58. The van der Waals surface area contributed by atoms with Crippen LogP contribution in [0.4, 0.5) is 0 Å². The SMILES string of the molecule is C=C(CN(C)Cc1ccc(OC)cc1)C(=O)OCC. The summed E-state index contributed by atoms with van der Waals surface area (Å²) in [5.41, 5.74) is 1.62. The fourth-order valence-corrected chi connectivity index (χ4v) is 1.72. The molecule has 0 saturated heterocycles. The highest BCUT2D eigenvalue weighted by atomic mass is 16.5. The average Bonchev–Trinajstić information content (AvgIpc) is 2.39. The lowest BCUT2D eigenvalue weighted by Gasteiger charge is -2.17. The highest BCUT2D eigenvalue weighted by Gasteiger charge is 2.10. The monoisotopic (exact) mass is 263 g/mol. The predicted octanol–water partition coefficient (Wildman–Crippen LogP) is 2.25. The zero-order valence-electron chi connectivity index (χ0n) is 11.8. The molecule has 0 aliphatic carbocycles. The maximum Gasteiger partial charge on any atom is 0.334 e. The van der Waals surface area contributed by atoms with Gasteiger partial charge in [-0.2, -0.15) is 0 Å². The highest BCUT2D eigenvalue weighted by Crippen LogP contribution is 2.13. The second-order valence-corrected chi connectivity index (χ2v) is 4.34. The minimum Gasteiger partial charge on any atom is -0.497 e. The van der Waals surface area contributed by atoms with Crippen molar-refractivity contribution in [3.8, 4) is 5.75 Å². The number of methoxy groups -OCH3 is 1. The van der Waals surface area contributed by atoms with Crippen LogP contribution in [0.25, 0.3) is 0 Å². The molecule has 1 aromatic rings. The third-order valence-electron chi connectivity index (χ3n) is 2.64. The van der Waals surface area contributed by atoms with Crippen molar-refractivity contribution in [2.75, 3.05) is 27.3 Å². The second-order valence-electron chi connectivity index (χ2n) is 4.34. The zero-order valence-corrected chi connectivity index (χ0v) is 11.8. The van der Waals surface area contributed by atoms with Crippen LogP contribution >= 0.6 is 0 Å². The molecule has 1 aromatic carbocycles. The molecular weight excluding hydrogens is 242 g/mol. The van der Waals surface area contributed by atoms with E-state index in [0.717, 1.165) is 17.9 Å². The molecule has 0 fully saturated rings. The molecule has 0 aliphatic heterocycles. The highest BCUT2D eigenvalue weighted by molar-refractivity contribution is 5.88. The lowest BCUT2D eigenvalue weighted by molar-refractivity contribution is -0.138. The molecule has 4 nitrogen and oxygen atoms in total. The Kier molecular flexibility index (Phi) is 6.09. The summed E-state index contributed by atoms with van der Waals surface area (Å²) in [6.45, 7) is 7.13. The number of likely N-dealkylation sites (N-methyl/N-ethyl adjacent to an activating group) is 1. The van der Waals surface area contributed by atoms with Gasteiger partial charge >= 0.3 is 5.97 Å². The molecule has 104 valence electrons. The van der Waals surface area contributed by atoms with Gasteiger partial charge in [-0.3, -0.25) is 4.90 Å². The first-order chi connectivity index (χ1) is 9.06. The fourth-order valence-electron chi connectivity index (χ4n) is 1.72. The first-order valence-electron chi connectivity index (χ1n) is 6.23. The van der Waals surface area contributed by atoms with Crippen LogP contribution in [0.3, 0.4) is 0 Å². The average molecular weight is 263 g/mol. The first kappa shape index (κ1) is 15.2. The van der Waals surface area contributed by atoms with Crippen LogP contribution in [-0.4, -0.2) is 38.2 Å². The van der Waals surface area contributed by atoms with E-state index in [4.69, 9.17) is 9.47 Å². The van der Waals surface area contributed by atoms with Gasteiger partial charge in [0.25, 0.3) is 0 Å². The molecule has 0 aromatic heterocycles. The Hall–Kier alpha value is -1.81. The Bertz CT molecular complexity index is 426. The normalized spacial score (nSPS) is 10.3. The summed E-state index contributed by atoms with van der Waals surface area (Å²) in [6.07, 6.45) is 0. The molecular formula is C15H21NO3. The molecule has 0 N–H and O–H groups in total. The molecule has 0 bridgehead atoms. The molecule has 1 rings (SSSR count). The van der Waals surface area contributed by atoms with E-state index in [9.17, 15) is 4.79 Å². The number of ether oxygens (including phenoxy) is 2. The Morgan fingerprint density at radius 3 is 2.47 bits per heavy atom. The summed E-state index contributed by atoms with van der Waals surface area (Å²) in [6, 6.07) is 7.84. The summed E-state index contributed by atoms with van der Waals surface area (Å²) >= 11 is 0. The van der Waals surface area contributed by atoms with E-state index >= 15 is 0 Å². The van der Waals surface area contributed by atoms with Crippen molar-refractivity contribution >= 4 is 5.97 Å². The Labute approximate surface area is 114 Å². The summed E-state index contributed by atoms with van der Waals surface area (Å²) in [5.74, 6) is 0.506. The van der Waals surface area contributed by atoms with Crippen molar-refractivity contribution in [3.63, 3.8) is 0 Å². The minimum atomic E-state index is -0.330. The van der Waals surface area contributed by atoms with Crippen molar-refractivity contribution < 1.29 is 14.3 Å². The van der Waals surface area contributed by atoms with Gasteiger partial charge < -0.3 is 9.47 Å². The first-order valence-corrected chi connectivity index (χ1v) is 6.23. The Morgan fingerprint density at radius 2 is 1.95 bits per heavy atom. The van der Waals surface area contributed by atoms with E-state index in [2.05, 4.69) is 6.58 Å². The predicted molar refractivity (Wildman–Crippen MR) is 75.1 cm³/mol. The van der Waals surface area contributed by atoms with Crippen LogP contribution in [-0.2, 0) is 16.1 Å². The van der Waals surface area contributed by atoms with Gasteiger partial charge in [-0.1, -0.05) is 18.7 Å². The van der Waals surface area contributed by atoms with E-state index in [1.54, 1.807) is 14.0 Å². The lowest BCUT2D eigenvalue weighted by atomic mass is 10.2. The van der Waals surface area contributed by atoms with Crippen LogP contribution in [0.1, 0.15) is 12.5 Å². The maximum absolute atomic E-state index is 11.4. The molecule has 0 atom stereocenters. The molecule has 19 heavy (non-hydrogen) atoms. The van der Waals surface area contributed by atoms with E-state index < -0.39 is 0 Å². The summed E-state index contributed by atoms with van der Waals surface area (Å²) in [4.78, 5) is 13.5. The van der Waals surface area contributed by atoms with Crippen LogP contribution < -0.4 is 4.74 Å². The number of carbonyl (C=O) groups is 1. The number of nitrogens with zero attached hydrogens (tertiary/aromatic N) is 1. The number of hydrogen-bond acceptors (Lipinski definition) is 4. The van der Waals surface area contributed by atoms with Crippen molar-refractivity contribution in [1.29, 1.82) is 0 Å². The number of hydrogen-bond donors (Lipinski definition) is 0. The third kappa shape index (κ3) is 5.14. The summed E-state index contributed by atoms with van der Waals surface area (Å²) < 4.78 is 10.0. The van der Waals surface area contributed by atoms with Gasteiger partial charge in [-0.15, -0.1) is 0 Å². The molecule has 0 saturated carbocycles. The van der Waals surface area contributed by atoms with Gasteiger partial charge in [0.05, 0.1) is 13.7 Å². The van der Waals surface area contributed by atoms with Crippen molar-refractivity contribution in [2.24, 2.45) is 0 Å². The van der Waals surface area contributed by atoms with Crippen LogP contribution in [0.2, 0.25) is 0 Å². The Morgan fingerprint density at radius 1 is 1.32 bits per heavy atom. The molecule has 0 spiro atoms. The van der Waals surface area contributed by atoms with Crippen molar-refractivity contribution in [2.45, 2.75) is 13.5 Å². The molecule has 4 heteroatoms. The fraction of sp³-hybridized carbons (Fsp3) is 0.400. The van der Waals surface area contributed by atoms with Crippen molar-refractivity contribution in [1.82, 2.24) is 4.90 Å². The van der Waals surface area contributed by atoms with Gasteiger partial charge in [0.15, 0.2) is 0 Å². The van der Waals surface area contributed by atoms with E-state index in [-0.39, 0.29) is 5.97 Å². The lowest BCUT2D eigenvalue weighted by Crippen LogP contribution is -2.24. The zero-order chi connectivity index (χ0) is 14.3. The van der Waals surface area contributed by atoms with Gasteiger partial charge in [-0.25, -0.2) is 4.79 Å². The van der Waals surface area contributed by atoms with Gasteiger partial charge in [-0.05, 0) is 31.7 Å². The van der Waals surface area contributed by atoms with Crippen LogP contribution in [0.15, 0.2) is 36.4 Å². The van der Waals surface area contributed by atoms with E-state index in [1.807, 2.05) is 36.2 Å². The van der Waals surface area contributed by atoms with Crippen LogP contribution in [0.5, 0.6) is 5.75 Å². The number of benzene rings is 1. The third-order valence-corrected chi connectivity index (χ3v) is 2.64. The smallest absolute Gasteiger partial charge is 0.334 e. The van der Waals surface area contributed by atoms with E-state index in [0.29, 0.717) is 18.7 Å². The molecule has 0 amide bonds. The van der Waals surface area contributed by atoms with Gasteiger partial charge in [0, 0.05) is 18.7 Å². The van der Waals surface area contributed by atoms with Crippen LogP contribution in [0, 0.1) is 0 Å². The van der Waals surface area contributed by atoms with Gasteiger partial charge in [0.1, 0.15) is 5.75 Å². The van der Waals surface area contributed by atoms with E-state index in [1.165, 1.54) is 0 Å². The molecule has 0 unspecified atom stereocenters. The Balaban J connectivity index is 2.47. The number of carbonyl (C=O) groups excluding carboxylic acids is 1. The quantitative estimate of drug-likeness (QED) is 0.558. The number of esters is 1. The number of rotatable bonds is 7. The largest absolute Gasteiger partial charge is 0.497 e. The standard InChI is InChI=1S/C15H21NO3/c1-5-19-15(17)12(2)10-16(3)11-13-6-8-14(18-4)9-7-13/h6-9H,2,5,10-11H2,1,3-4H3. The topological polar surface area (TPSA) is 38.8 Å². The maximum atomic E-state index is 11.4. The summed E-state index contributed by atoms with van der Waals surface area (Å²) in [5, 5.41) is 0. The molecule has 0 radical (unpaired) electrons. The van der Waals surface area contributed by atoms with Gasteiger partial charge in [0.2, 0.25) is 0 Å². The minimum absolute atomic E-state index is 0.330. The second kappa shape index (κ2) is 7.59. The molecule has 0 heterocycles. The van der Waals surface area contributed by atoms with Crippen molar-refractivity contribution in [3.05, 3.63) is 42.0 Å². The molecule has 0 aliphatic rings.